The summed E-state index contributed by atoms with van der Waals surface area (Å²) < 4.78 is 1.86. The van der Waals surface area contributed by atoms with E-state index in [4.69, 9.17) is 11.0 Å². The number of para-hydroxylation sites is 1. The van der Waals surface area contributed by atoms with Crippen LogP contribution in [0.4, 0.5) is 5.95 Å². The van der Waals surface area contributed by atoms with E-state index in [0.717, 1.165) is 23.0 Å². The highest BCUT2D eigenvalue weighted by atomic mass is 15.1. The second kappa shape index (κ2) is 3.62. The Morgan fingerprint density at radius 1 is 1.53 bits per heavy atom. The molecule has 2 N–H and O–H groups in total. The number of nitriles is 1. The molecule has 15 heavy (non-hydrogen) atoms. The summed E-state index contributed by atoms with van der Waals surface area (Å²) in [5.74, 6) is 0.509. The molecular formula is C11H12N4. The Kier molecular flexibility index (Phi) is 2.30. The Labute approximate surface area is 87.9 Å². The van der Waals surface area contributed by atoms with Crippen LogP contribution >= 0.6 is 0 Å². The number of nitrogens with two attached hydrogens (primary N) is 1. The van der Waals surface area contributed by atoms with Gasteiger partial charge in [0.1, 0.15) is 0 Å². The largest absolute Gasteiger partial charge is 0.369 e. The van der Waals surface area contributed by atoms with Crippen molar-refractivity contribution < 1.29 is 0 Å². The molecule has 1 aromatic heterocycles. The molecular weight excluding hydrogens is 188 g/mol. The predicted molar refractivity (Wildman–Crippen MR) is 59.1 cm³/mol. The summed E-state index contributed by atoms with van der Waals surface area (Å²) in [6.45, 7) is 0. The van der Waals surface area contributed by atoms with Gasteiger partial charge in [-0.15, -0.1) is 0 Å². The summed E-state index contributed by atoms with van der Waals surface area (Å²) >= 11 is 0. The van der Waals surface area contributed by atoms with E-state index in [0.29, 0.717) is 12.4 Å². The van der Waals surface area contributed by atoms with Crippen LogP contribution in [0.5, 0.6) is 0 Å². The van der Waals surface area contributed by atoms with E-state index in [1.165, 1.54) is 0 Å². The number of hydrogen-bond acceptors (Lipinski definition) is 3. The third kappa shape index (κ3) is 1.52. The van der Waals surface area contributed by atoms with Gasteiger partial charge < -0.3 is 10.3 Å². The number of rotatable bonds is 2. The van der Waals surface area contributed by atoms with Gasteiger partial charge in [0.2, 0.25) is 5.95 Å². The average molecular weight is 200 g/mol. The molecule has 0 aliphatic carbocycles. The first-order chi connectivity index (χ1) is 7.24. The Balaban J connectivity index is 2.59. The van der Waals surface area contributed by atoms with Gasteiger partial charge in [-0.2, -0.15) is 5.26 Å². The third-order valence-electron chi connectivity index (χ3n) is 2.52. The zero-order valence-corrected chi connectivity index (χ0v) is 8.57. The summed E-state index contributed by atoms with van der Waals surface area (Å²) in [5, 5.41) is 8.58. The molecule has 2 rings (SSSR count). The SMILES string of the molecule is Cn1c(N)nc2cccc(CCC#N)c21. The van der Waals surface area contributed by atoms with Crippen molar-refractivity contribution in [3.05, 3.63) is 23.8 Å². The van der Waals surface area contributed by atoms with Crippen molar-refractivity contribution in [2.75, 3.05) is 5.73 Å². The van der Waals surface area contributed by atoms with E-state index in [9.17, 15) is 0 Å². The molecule has 76 valence electrons. The van der Waals surface area contributed by atoms with Crippen LogP contribution in [0.1, 0.15) is 12.0 Å². The van der Waals surface area contributed by atoms with Gasteiger partial charge >= 0.3 is 0 Å². The zero-order valence-electron chi connectivity index (χ0n) is 8.57. The van der Waals surface area contributed by atoms with E-state index >= 15 is 0 Å². The molecule has 0 aliphatic rings. The van der Waals surface area contributed by atoms with Crippen molar-refractivity contribution in [2.24, 2.45) is 7.05 Å². The molecule has 0 aliphatic heterocycles. The number of hydrogen-bond donors (Lipinski definition) is 1. The smallest absolute Gasteiger partial charge is 0.200 e. The molecule has 0 spiro atoms. The Hall–Kier alpha value is -2.02. The first-order valence-corrected chi connectivity index (χ1v) is 4.81. The Bertz CT molecular complexity index is 533. The Morgan fingerprint density at radius 3 is 3.07 bits per heavy atom. The van der Waals surface area contributed by atoms with Crippen LogP contribution in [-0.2, 0) is 13.5 Å². The minimum absolute atomic E-state index is 0.509. The minimum atomic E-state index is 0.509. The normalized spacial score (nSPS) is 10.4. The second-order valence-corrected chi connectivity index (χ2v) is 3.47. The van der Waals surface area contributed by atoms with E-state index in [-0.39, 0.29) is 0 Å². The number of nitrogen functional groups attached to an aromatic ring is 1. The van der Waals surface area contributed by atoms with Crippen molar-refractivity contribution in [1.82, 2.24) is 9.55 Å². The van der Waals surface area contributed by atoms with Crippen LogP contribution in [0, 0.1) is 11.3 Å². The van der Waals surface area contributed by atoms with E-state index in [2.05, 4.69) is 11.1 Å². The molecule has 0 saturated carbocycles. The molecule has 0 atom stereocenters. The number of fused-ring (bicyclic) bond motifs is 1. The molecule has 4 nitrogen and oxygen atoms in total. The standard InChI is InChI=1S/C11H12N4/c1-15-10-8(5-3-7-12)4-2-6-9(10)14-11(15)13/h2,4,6H,3,5H2,1H3,(H2,13,14). The summed E-state index contributed by atoms with van der Waals surface area (Å²) in [6.07, 6.45) is 1.26. The summed E-state index contributed by atoms with van der Waals surface area (Å²) in [6, 6.07) is 8.04. The number of benzene rings is 1. The van der Waals surface area contributed by atoms with Gasteiger partial charge in [-0.3, -0.25) is 0 Å². The highest BCUT2D eigenvalue weighted by Crippen LogP contribution is 2.21. The number of aromatic nitrogens is 2. The fourth-order valence-corrected chi connectivity index (χ4v) is 1.76. The van der Waals surface area contributed by atoms with Crippen molar-refractivity contribution in [2.45, 2.75) is 12.8 Å². The lowest BCUT2D eigenvalue weighted by Crippen LogP contribution is -1.98. The quantitative estimate of drug-likeness (QED) is 0.800. The zero-order chi connectivity index (χ0) is 10.8. The molecule has 0 saturated heterocycles. The van der Waals surface area contributed by atoms with Crippen LogP contribution in [0.25, 0.3) is 11.0 Å². The monoisotopic (exact) mass is 200 g/mol. The van der Waals surface area contributed by atoms with E-state index in [1.807, 2.05) is 29.8 Å². The topological polar surface area (TPSA) is 67.6 Å². The van der Waals surface area contributed by atoms with Gasteiger partial charge in [0.15, 0.2) is 0 Å². The molecule has 4 heteroatoms. The number of nitrogens with zero attached hydrogens (tertiary/aromatic N) is 3. The van der Waals surface area contributed by atoms with Crippen molar-refractivity contribution >= 4 is 17.0 Å². The fourth-order valence-electron chi connectivity index (χ4n) is 1.76. The van der Waals surface area contributed by atoms with Gasteiger partial charge in [-0.05, 0) is 18.1 Å². The van der Waals surface area contributed by atoms with Gasteiger partial charge in [0, 0.05) is 13.5 Å². The number of imidazole rings is 1. The molecule has 0 unspecified atom stereocenters. The molecule has 0 amide bonds. The lowest BCUT2D eigenvalue weighted by molar-refractivity contribution is 0.941. The molecule has 2 aromatic rings. The van der Waals surface area contributed by atoms with Crippen LogP contribution in [0.15, 0.2) is 18.2 Å². The van der Waals surface area contributed by atoms with Gasteiger partial charge in [-0.1, -0.05) is 12.1 Å². The lowest BCUT2D eigenvalue weighted by atomic mass is 10.1. The van der Waals surface area contributed by atoms with Crippen LogP contribution in [0.2, 0.25) is 0 Å². The van der Waals surface area contributed by atoms with Gasteiger partial charge in [-0.25, -0.2) is 4.98 Å². The third-order valence-corrected chi connectivity index (χ3v) is 2.52. The highest BCUT2D eigenvalue weighted by Gasteiger charge is 2.08. The van der Waals surface area contributed by atoms with E-state index in [1.54, 1.807) is 0 Å². The lowest BCUT2D eigenvalue weighted by Gasteiger charge is -2.02. The molecule has 0 fully saturated rings. The maximum atomic E-state index is 8.58. The maximum absolute atomic E-state index is 8.58. The highest BCUT2D eigenvalue weighted by molar-refractivity contribution is 5.81. The van der Waals surface area contributed by atoms with Crippen LogP contribution in [0.3, 0.4) is 0 Å². The molecule has 0 bridgehead atoms. The van der Waals surface area contributed by atoms with Crippen molar-refractivity contribution in [3.8, 4) is 6.07 Å². The second-order valence-electron chi connectivity index (χ2n) is 3.47. The maximum Gasteiger partial charge on any atom is 0.200 e. The first-order valence-electron chi connectivity index (χ1n) is 4.81. The van der Waals surface area contributed by atoms with Crippen LogP contribution in [-0.4, -0.2) is 9.55 Å². The van der Waals surface area contributed by atoms with E-state index < -0.39 is 0 Å². The summed E-state index contributed by atoms with van der Waals surface area (Å²) in [4.78, 5) is 4.24. The molecule has 1 heterocycles. The number of aryl methyl sites for hydroxylation is 2. The summed E-state index contributed by atoms with van der Waals surface area (Å²) in [7, 11) is 1.89. The average Bonchev–Trinajstić information content (AvgIpc) is 2.53. The van der Waals surface area contributed by atoms with Crippen molar-refractivity contribution in [1.29, 1.82) is 5.26 Å². The van der Waals surface area contributed by atoms with Gasteiger partial charge in [0.25, 0.3) is 0 Å². The molecule has 1 aromatic carbocycles. The Morgan fingerprint density at radius 2 is 2.33 bits per heavy atom. The van der Waals surface area contributed by atoms with Crippen molar-refractivity contribution in [3.63, 3.8) is 0 Å². The summed E-state index contributed by atoms with van der Waals surface area (Å²) in [5.41, 5.74) is 8.79. The number of anilines is 1. The minimum Gasteiger partial charge on any atom is -0.369 e. The molecule has 0 radical (unpaired) electrons. The first kappa shape index (κ1) is 9.53. The fraction of sp³-hybridized carbons (Fsp3) is 0.273. The van der Waals surface area contributed by atoms with Crippen LogP contribution < -0.4 is 5.73 Å². The van der Waals surface area contributed by atoms with Gasteiger partial charge in [0.05, 0.1) is 17.1 Å². The predicted octanol–water partition coefficient (Wildman–Crippen LogP) is 1.61.